The third-order valence-corrected chi connectivity index (χ3v) is 5.71. The van der Waals surface area contributed by atoms with E-state index in [1.807, 2.05) is 30.3 Å². The van der Waals surface area contributed by atoms with Gasteiger partial charge in [0.05, 0.1) is 17.0 Å². The molecule has 1 aromatic heterocycles. The summed E-state index contributed by atoms with van der Waals surface area (Å²) in [7, 11) is 2.17. The van der Waals surface area contributed by atoms with E-state index < -0.39 is 0 Å². The minimum absolute atomic E-state index is 0.0665. The number of ether oxygens (including phenoxy) is 1. The van der Waals surface area contributed by atoms with Gasteiger partial charge in [0.1, 0.15) is 18.2 Å². The van der Waals surface area contributed by atoms with Gasteiger partial charge in [-0.1, -0.05) is 50.2 Å². The number of aromatic nitrogens is 2. The first-order chi connectivity index (χ1) is 16.0. The summed E-state index contributed by atoms with van der Waals surface area (Å²) in [4.78, 5) is 10.5. The van der Waals surface area contributed by atoms with E-state index >= 15 is 0 Å². The number of aromatic amines is 1. The summed E-state index contributed by atoms with van der Waals surface area (Å²) in [6, 6.07) is 16.3. The summed E-state index contributed by atoms with van der Waals surface area (Å²) in [6.45, 7) is 9.54. The fourth-order valence-electron chi connectivity index (χ4n) is 3.99. The molecule has 0 radical (unpaired) electrons. The van der Waals surface area contributed by atoms with Crippen LogP contribution in [0.1, 0.15) is 56.0 Å². The highest BCUT2D eigenvalue weighted by Crippen LogP contribution is 2.30. The van der Waals surface area contributed by atoms with Gasteiger partial charge in [0.25, 0.3) is 0 Å². The Bertz CT molecular complexity index is 1060. The Morgan fingerprint density at radius 2 is 1.82 bits per heavy atom. The largest absolute Gasteiger partial charge is 0.489 e. The average Bonchev–Trinajstić information content (AvgIpc) is 3.22. The summed E-state index contributed by atoms with van der Waals surface area (Å²) in [6.07, 6.45) is 7.33. The molecule has 1 atom stereocenters. The Balaban J connectivity index is 0.000000331. The first-order valence-corrected chi connectivity index (χ1v) is 12.0. The number of fused-ring (bicyclic) bond motifs is 1. The molecular weight excluding hydrogens is 408 g/mol. The van der Waals surface area contributed by atoms with E-state index in [9.17, 15) is 0 Å². The fourth-order valence-corrected chi connectivity index (χ4v) is 3.99. The van der Waals surface area contributed by atoms with Gasteiger partial charge < -0.3 is 20.4 Å². The van der Waals surface area contributed by atoms with Gasteiger partial charge in [-0.25, -0.2) is 4.98 Å². The zero-order valence-corrected chi connectivity index (χ0v) is 20.5. The van der Waals surface area contributed by atoms with Gasteiger partial charge in [0.15, 0.2) is 0 Å². The van der Waals surface area contributed by atoms with Crippen molar-refractivity contribution in [3.05, 3.63) is 89.1 Å². The molecule has 0 saturated carbocycles. The maximum atomic E-state index is 6.30. The molecule has 0 bridgehead atoms. The molecule has 1 heterocycles. The minimum atomic E-state index is 0.0665. The standard InChI is InChI=1S/C21H21N3O.C7H17N/c1-14-7-10-19-20(11-14)24-21(23-19)17-9-8-16(12-18(17)22)25-13-15-5-3-2-4-6-15;1-4-6-8(3)7-5-2/h2-8,10-12,17H,9,13,22H2,1H3,(H,23,24);4-7H2,1-3H3. The SMILES string of the molecule is CCCN(C)CCC.Cc1ccc2nc(C3CC=C(OCc4ccccc4)C=C3N)[nH]c2c1. The molecule has 0 fully saturated rings. The Kier molecular flexibility index (Phi) is 9.14. The lowest BCUT2D eigenvalue weighted by atomic mass is 9.96. The molecule has 2 aromatic carbocycles. The first-order valence-electron chi connectivity index (χ1n) is 12.0. The minimum Gasteiger partial charge on any atom is -0.489 e. The second kappa shape index (κ2) is 12.3. The number of imidazole rings is 1. The van der Waals surface area contributed by atoms with Crippen LogP contribution in [0.2, 0.25) is 0 Å². The maximum absolute atomic E-state index is 6.30. The predicted octanol–water partition coefficient (Wildman–Crippen LogP) is 6.04. The molecule has 0 spiro atoms. The lowest BCUT2D eigenvalue weighted by molar-refractivity contribution is 0.208. The van der Waals surface area contributed by atoms with Gasteiger partial charge in [-0.2, -0.15) is 0 Å². The number of hydrogen-bond acceptors (Lipinski definition) is 4. The number of allylic oxidation sites excluding steroid dienone is 3. The Morgan fingerprint density at radius 1 is 1.09 bits per heavy atom. The number of hydrogen-bond donors (Lipinski definition) is 2. The summed E-state index contributed by atoms with van der Waals surface area (Å²) < 4.78 is 5.87. The highest BCUT2D eigenvalue weighted by atomic mass is 16.5. The van der Waals surface area contributed by atoms with E-state index in [-0.39, 0.29) is 5.92 Å². The molecule has 1 aliphatic rings. The van der Waals surface area contributed by atoms with Crippen molar-refractivity contribution < 1.29 is 4.74 Å². The predicted molar refractivity (Wildman–Crippen MR) is 138 cm³/mol. The molecule has 5 nitrogen and oxygen atoms in total. The first kappa shape index (κ1) is 24.6. The average molecular weight is 447 g/mol. The zero-order chi connectivity index (χ0) is 23.6. The number of nitrogens with two attached hydrogens (primary N) is 1. The van der Waals surface area contributed by atoms with Crippen molar-refractivity contribution in [3.63, 3.8) is 0 Å². The van der Waals surface area contributed by atoms with Gasteiger partial charge in [0, 0.05) is 5.70 Å². The highest BCUT2D eigenvalue weighted by Gasteiger charge is 2.21. The normalized spacial score (nSPS) is 15.6. The van der Waals surface area contributed by atoms with Crippen molar-refractivity contribution >= 4 is 11.0 Å². The van der Waals surface area contributed by atoms with Gasteiger partial charge in [-0.05, 0) is 81.7 Å². The van der Waals surface area contributed by atoms with Crippen molar-refractivity contribution in [2.75, 3.05) is 20.1 Å². The van der Waals surface area contributed by atoms with Gasteiger partial charge in [-0.15, -0.1) is 0 Å². The molecule has 1 unspecified atom stereocenters. The second-order valence-corrected chi connectivity index (χ2v) is 8.76. The van der Waals surface area contributed by atoms with Crippen LogP contribution in [0, 0.1) is 6.92 Å². The van der Waals surface area contributed by atoms with E-state index in [1.165, 1.54) is 31.5 Å². The molecule has 4 rings (SSSR count). The molecule has 0 amide bonds. The molecule has 3 aromatic rings. The van der Waals surface area contributed by atoms with Crippen LogP contribution in [0.5, 0.6) is 0 Å². The summed E-state index contributed by atoms with van der Waals surface area (Å²) >= 11 is 0. The van der Waals surface area contributed by atoms with Crippen molar-refractivity contribution in [1.82, 2.24) is 14.9 Å². The molecule has 33 heavy (non-hydrogen) atoms. The van der Waals surface area contributed by atoms with Crippen LogP contribution in [0.4, 0.5) is 0 Å². The van der Waals surface area contributed by atoms with Crippen LogP contribution in [0.15, 0.2) is 72.1 Å². The molecule has 5 heteroatoms. The van der Waals surface area contributed by atoms with E-state index in [0.29, 0.717) is 6.61 Å². The second-order valence-electron chi connectivity index (χ2n) is 8.76. The van der Waals surface area contributed by atoms with Crippen molar-refractivity contribution in [2.45, 2.75) is 52.6 Å². The lowest BCUT2D eigenvalue weighted by Gasteiger charge is -2.19. The van der Waals surface area contributed by atoms with Gasteiger partial charge in [-0.3, -0.25) is 0 Å². The Morgan fingerprint density at radius 3 is 2.48 bits per heavy atom. The molecular formula is C28H38N4O. The van der Waals surface area contributed by atoms with E-state index in [0.717, 1.165) is 40.3 Å². The van der Waals surface area contributed by atoms with E-state index in [1.54, 1.807) is 0 Å². The number of rotatable bonds is 8. The number of aryl methyl sites for hydroxylation is 1. The van der Waals surface area contributed by atoms with Crippen LogP contribution in [-0.2, 0) is 11.3 Å². The van der Waals surface area contributed by atoms with Crippen molar-refractivity contribution in [2.24, 2.45) is 5.73 Å². The van der Waals surface area contributed by atoms with Crippen LogP contribution < -0.4 is 5.73 Å². The quantitative estimate of drug-likeness (QED) is 0.443. The van der Waals surface area contributed by atoms with Crippen LogP contribution in [-0.4, -0.2) is 35.0 Å². The molecule has 3 N–H and O–H groups in total. The van der Waals surface area contributed by atoms with Crippen LogP contribution in [0.3, 0.4) is 0 Å². The Labute approximate surface area is 198 Å². The van der Waals surface area contributed by atoms with Gasteiger partial charge >= 0.3 is 0 Å². The Hall–Kier alpha value is -3.05. The maximum Gasteiger partial charge on any atom is 0.117 e. The topological polar surface area (TPSA) is 67.2 Å². The smallest absolute Gasteiger partial charge is 0.117 e. The molecule has 176 valence electrons. The van der Waals surface area contributed by atoms with Crippen LogP contribution in [0.25, 0.3) is 11.0 Å². The number of nitrogens with one attached hydrogen (secondary N) is 1. The van der Waals surface area contributed by atoms with E-state index in [4.69, 9.17) is 15.5 Å². The number of H-pyrrole nitrogens is 1. The molecule has 0 aliphatic heterocycles. The number of benzene rings is 2. The monoisotopic (exact) mass is 446 g/mol. The zero-order valence-electron chi connectivity index (χ0n) is 20.5. The van der Waals surface area contributed by atoms with Gasteiger partial charge in [0.2, 0.25) is 0 Å². The highest BCUT2D eigenvalue weighted by molar-refractivity contribution is 5.76. The third-order valence-electron chi connectivity index (χ3n) is 5.71. The summed E-state index contributed by atoms with van der Waals surface area (Å²) in [5, 5.41) is 0. The summed E-state index contributed by atoms with van der Waals surface area (Å²) in [5.41, 5.74) is 11.5. The van der Waals surface area contributed by atoms with Crippen molar-refractivity contribution in [1.29, 1.82) is 0 Å². The van der Waals surface area contributed by atoms with E-state index in [2.05, 4.69) is 68.0 Å². The summed E-state index contributed by atoms with van der Waals surface area (Å²) in [5.74, 6) is 1.80. The van der Waals surface area contributed by atoms with Crippen molar-refractivity contribution in [3.8, 4) is 0 Å². The molecule has 1 aliphatic carbocycles. The molecule has 0 saturated heterocycles. The lowest BCUT2D eigenvalue weighted by Crippen LogP contribution is -2.19. The fraction of sp³-hybridized carbons (Fsp3) is 0.393. The van der Waals surface area contributed by atoms with Crippen LogP contribution >= 0.6 is 0 Å². The number of nitrogens with zero attached hydrogens (tertiary/aromatic N) is 2. The third kappa shape index (κ3) is 7.22.